The lowest BCUT2D eigenvalue weighted by atomic mass is 9.87. The first kappa shape index (κ1) is 14.5. The average Bonchev–Trinajstić information content (AvgIpc) is 2.33. The van der Waals surface area contributed by atoms with Gasteiger partial charge in [0, 0.05) is 6.54 Å². The van der Waals surface area contributed by atoms with E-state index in [4.69, 9.17) is 4.74 Å². The lowest BCUT2D eigenvalue weighted by Gasteiger charge is -2.40. The highest BCUT2D eigenvalue weighted by atomic mass is 16.5. The molecular formula is C16H25NO2. The maximum atomic E-state index is 9.34. The minimum Gasteiger partial charge on any atom is -0.396 e. The number of benzene rings is 1. The monoisotopic (exact) mass is 263 g/mol. The van der Waals surface area contributed by atoms with Crippen molar-refractivity contribution in [2.75, 3.05) is 32.9 Å². The van der Waals surface area contributed by atoms with Crippen LogP contribution in [0, 0.1) is 26.2 Å². The molecule has 0 saturated carbocycles. The highest BCUT2D eigenvalue weighted by Crippen LogP contribution is 2.25. The SMILES string of the molecule is Cc1cc(C)c(CCNCC2(CO)COC2)cc1C. The van der Waals surface area contributed by atoms with Crippen LogP contribution in [0.3, 0.4) is 0 Å². The van der Waals surface area contributed by atoms with Crippen molar-refractivity contribution < 1.29 is 9.84 Å². The highest BCUT2D eigenvalue weighted by Gasteiger charge is 2.37. The minimum absolute atomic E-state index is 0.0295. The summed E-state index contributed by atoms with van der Waals surface area (Å²) in [4.78, 5) is 0. The first-order chi connectivity index (χ1) is 9.06. The van der Waals surface area contributed by atoms with E-state index in [0.29, 0.717) is 13.2 Å². The molecule has 0 amide bonds. The number of ether oxygens (including phenoxy) is 1. The van der Waals surface area contributed by atoms with Gasteiger partial charge in [0.2, 0.25) is 0 Å². The van der Waals surface area contributed by atoms with Gasteiger partial charge < -0.3 is 15.2 Å². The molecule has 0 unspecified atom stereocenters. The van der Waals surface area contributed by atoms with E-state index in [-0.39, 0.29) is 12.0 Å². The van der Waals surface area contributed by atoms with Crippen LogP contribution in [0.15, 0.2) is 12.1 Å². The topological polar surface area (TPSA) is 41.5 Å². The number of aliphatic hydroxyl groups excluding tert-OH is 1. The molecule has 106 valence electrons. The Bertz CT molecular complexity index is 433. The number of aliphatic hydroxyl groups is 1. The van der Waals surface area contributed by atoms with Crippen molar-refractivity contribution in [3.05, 3.63) is 34.4 Å². The van der Waals surface area contributed by atoms with Crippen LogP contribution in [0.1, 0.15) is 22.3 Å². The average molecular weight is 263 g/mol. The molecule has 0 bridgehead atoms. The summed E-state index contributed by atoms with van der Waals surface area (Å²) < 4.78 is 5.19. The zero-order valence-corrected chi connectivity index (χ0v) is 12.3. The summed E-state index contributed by atoms with van der Waals surface area (Å²) in [6.45, 7) is 9.86. The van der Waals surface area contributed by atoms with Crippen LogP contribution in [0.25, 0.3) is 0 Å². The van der Waals surface area contributed by atoms with Crippen molar-refractivity contribution in [1.82, 2.24) is 5.32 Å². The number of nitrogens with one attached hydrogen (secondary N) is 1. The molecule has 1 heterocycles. The van der Waals surface area contributed by atoms with Gasteiger partial charge in [0.1, 0.15) is 0 Å². The van der Waals surface area contributed by atoms with Gasteiger partial charge in [0.15, 0.2) is 0 Å². The van der Waals surface area contributed by atoms with Gasteiger partial charge >= 0.3 is 0 Å². The summed E-state index contributed by atoms with van der Waals surface area (Å²) in [5.41, 5.74) is 5.48. The van der Waals surface area contributed by atoms with E-state index >= 15 is 0 Å². The molecule has 1 saturated heterocycles. The van der Waals surface area contributed by atoms with Gasteiger partial charge in [0.05, 0.1) is 25.2 Å². The van der Waals surface area contributed by atoms with Gasteiger partial charge in [-0.25, -0.2) is 0 Å². The van der Waals surface area contributed by atoms with Crippen molar-refractivity contribution >= 4 is 0 Å². The van der Waals surface area contributed by atoms with Crippen LogP contribution in [0.4, 0.5) is 0 Å². The van der Waals surface area contributed by atoms with Crippen molar-refractivity contribution in [2.24, 2.45) is 5.41 Å². The zero-order chi connectivity index (χ0) is 13.9. The molecule has 1 fully saturated rings. The normalized spacial score (nSPS) is 17.3. The fraction of sp³-hybridized carbons (Fsp3) is 0.625. The number of hydrogen-bond donors (Lipinski definition) is 2. The van der Waals surface area contributed by atoms with Crippen LogP contribution in [-0.4, -0.2) is 38.0 Å². The molecule has 0 aromatic heterocycles. The van der Waals surface area contributed by atoms with Gasteiger partial charge in [-0.15, -0.1) is 0 Å². The maximum Gasteiger partial charge on any atom is 0.0579 e. The molecule has 3 nitrogen and oxygen atoms in total. The first-order valence-corrected chi connectivity index (χ1v) is 7.02. The Balaban J connectivity index is 1.81. The van der Waals surface area contributed by atoms with E-state index in [2.05, 4.69) is 38.2 Å². The molecule has 1 aliphatic rings. The third kappa shape index (κ3) is 3.35. The number of rotatable bonds is 6. The van der Waals surface area contributed by atoms with Gasteiger partial charge in [-0.1, -0.05) is 12.1 Å². The Morgan fingerprint density at radius 1 is 1.16 bits per heavy atom. The van der Waals surface area contributed by atoms with E-state index in [1.165, 1.54) is 22.3 Å². The molecule has 0 spiro atoms. The predicted molar refractivity (Wildman–Crippen MR) is 77.6 cm³/mol. The van der Waals surface area contributed by atoms with Gasteiger partial charge in [0.25, 0.3) is 0 Å². The standard InChI is InChI=1S/C16H25NO2/c1-12-6-14(3)15(7-13(12)2)4-5-17-8-16(9-18)10-19-11-16/h6-7,17-18H,4-5,8-11H2,1-3H3. The molecule has 1 aromatic rings. The lowest BCUT2D eigenvalue weighted by Crippen LogP contribution is -2.52. The summed E-state index contributed by atoms with van der Waals surface area (Å²) >= 11 is 0. The largest absolute Gasteiger partial charge is 0.396 e. The Labute approximate surface area is 116 Å². The van der Waals surface area contributed by atoms with Crippen molar-refractivity contribution in [3.8, 4) is 0 Å². The van der Waals surface area contributed by atoms with E-state index in [9.17, 15) is 5.11 Å². The Kier molecular flexibility index (Phi) is 4.61. The summed E-state index contributed by atoms with van der Waals surface area (Å²) in [7, 11) is 0. The van der Waals surface area contributed by atoms with Gasteiger partial charge in [-0.05, 0) is 56.0 Å². The maximum absolute atomic E-state index is 9.34. The van der Waals surface area contributed by atoms with E-state index in [0.717, 1.165) is 19.5 Å². The van der Waals surface area contributed by atoms with Crippen LogP contribution < -0.4 is 5.32 Å². The van der Waals surface area contributed by atoms with Crippen molar-refractivity contribution in [1.29, 1.82) is 0 Å². The predicted octanol–water partition coefficient (Wildman–Crippen LogP) is 1.75. The van der Waals surface area contributed by atoms with Crippen LogP contribution in [0.2, 0.25) is 0 Å². The molecule has 0 aliphatic carbocycles. The fourth-order valence-electron chi connectivity index (χ4n) is 2.51. The zero-order valence-electron chi connectivity index (χ0n) is 12.3. The molecule has 0 atom stereocenters. The Hall–Kier alpha value is -0.900. The molecule has 1 aromatic carbocycles. The van der Waals surface area contributed by atoms with Crippen LogP contribution in [-0.2, 0) is 11.2 Å². The molecule has 19 heavy (non-hydrogen) atoms. The number of aryl methyl sites for hydroxylation is 3. The van der Waals surface area contributed by atoms with Crippen LogP contribution >= 0.6 is 0 Å². The second kappa shape index (κ2) is 6.04. The third-order valence-electron chi connectivity index (χ3n) is 4.18. The van der Waals surface area contributed by atoms with E-state index in [1.807, 2.05) is 0 Å². The van der Waals surface area contributed by atoms with Crippen LogP contribution in [0.5, 0.6) is 0 Å². The smallest absolute Gasteiger partial charge is 0.0579 e. The van der Waals surface area contributed by atoms with E-state index < -0.39 is 0 Å². The first-order valence-electron chi connectivity index (χ1n) is 7.02. The molecule has 0 radical (unpaired) electrons. The van der Waals surface area contributed by atoms with Crippen molar-refractivity contribution in [3.63, 3.8) is 0 Å². The molecule has 1 aliphatic heterocycles. The molecular weight excluding hydrogens is 238 g/mol. The summed E-state index contributed by atoms with van der Waals surface area (Å²) in [5.74, 6) is 0. The Morgan fingerprint density at radius 2 is 1.84 bits per heavy atom. The quantitative estimate of drug-likeness (QED) is 0.768. The lowest BCUT2D eigenvalue weighted by molar-refractivity contribution is -0.134. The van der Waals surface area contributed by atoms with E-state index in [1.54, 1.807) is 0 Å². The number of hydrogen-bond acceptors (Lipinski definition) is 3. The van der Waals surface area contributed by atoms with Gasteiger partial charge in [-0.2, -0.15) is 0 Å². The Morgan fingerprint density at radius 3 is 2.42 bits per heavy atom. The molecule has 2 rings (SSSR count). The third-order valence-corrected chi connectivity index (χ3v) is 4.18. The second-order valence-corrected chi connectivity index (χ2v) is 5.94. The molecule has 3 heteroatoms. The van der Waals surface area contributed by atoms with Crippen molar-refractivity contribution in [2.45, 2.75) is 27.2 Å². The minimum atomic E-state index is -0.0295. The summed E-state index contributed by atoms with van der Waals surface area (Å²) in [5, 5.41) is 12.8. The summed E-state index contributed by atoms with van der Waals surface area (Å²) in [6, 6.07) is 4.56. The molecule has 2 N–H and O–H groups in total. The highest BCUT2D eigenvalue weighted by molar-refractivity contribution is 5.36. The van der Waals surface area contributed by atoms with Gasteiger partial charge in [-0.3, -0.25) is 0 Å². The second-order valence-electron chi connectivity index (χ2n) is 5.94. The summed E-state index contributed by atoms with van der Waals surface area (Å²) in [6.07, 6.45) is 1.04. The fourth-order valence-corrected chi connectivity index (χ4v) is 2.51.